The monoisotopic (exact) mass is 968 g/mol. The average Bonchev–Trinajstić information content (AvgIpc) is 3.96. The van der Waals surface area contributed by atoms with Crippen LogP contribution in [0.25, 0.3) is 0 Å². The van der Waals surface area contributed by atoms with Gasteiger partial charge in [-0.15, -0.1) is 0 Å². The minimum absolute atomic E-state index is 0.0671. The molecule has 0 saturated carbocycles. The second-order valence-electron chi connectivity index (χ2n) is 18.5. The van der Waals surface area contributed by atoms with E-state index >= 15 is 0 Å². The van der Waals surface area contributed by atoms with Gasteiger partial charge in [0.05, 0.1) is 12.1 Å². The third-order valence-corrected chi connectivity index (χ3v) is 12.1. The first-order chi connectivity index (χ1) is 31.7. The number of carboxylic acids is 3. The van der Waals surface area contributed by atoms with Gasteiger partial charge in [0.15, 0.2) is 0 Å². The summed E-state index contributed by atoms with van der Waals surface area (Å²) < 4.78 is 0. The molecular weight excluding hydrogens is 895 g/mol. The number of hydrogen-bond donors (Lipinski definition) is 11. The number of aliphatic carboxylic acids is 3. The van der Waals surface area contributed by atoms with Gasteiger partial charge >= 0.3 is 17.9 Å². The highest BCUT2D eigenvalue weighted by molar-refractivity contribution is 5.98. The standard InChI is InChI=1S/C44H73N9O15/c1-9-23(6)33(45)40(63)51-35(25(8)54)41(64)46-24(7)36(59)47-27(15-17-32(57)58)38(61)50-34(22(4)5)43(66)53-19-11-13-30(53)42(65)52-18-10-12-29(52)39(62)48-26(14-16-31(55)56)37(60)49-28(44(67)68)20-21(2)3/h21-30,33-35,54H,9-20,45H2,1-8H3,(H,46,64)(H,47,59)(H,48,62)(H,49,60)(H,50,61)(H,51,63)(H,55,56)(H,57,58)(H,67,68)/t23-,24-,25+,26-,27-,28-,29-,30-,33-,34-,35-/m0/s1. The number of nitrogens with one attached hydrogen (secondary N) is 6. The zero-order valence-corrected chi connectivity index (χ0v) is 40.2. The zero-order valence-electron chi connectivity index (χ0n) is 40.2. The fourth-order valence-corrected chi connectivity index (χ4v) is 7.87. The van der Waals surface area contributed by atoms with Crippen LogP contribution in [0.4, 0.5) is 0 Å². The first-order valence-electron chi connectivity index (χ1n) is 23.2. The maximum atomic E-state index is 14.3. The zero-order chi connectivity index (χ0) is 51.7. The Bertz CT molecular complexity index is 1850. The van der Waals surface area contributed by atoms with Crippen LogP contribution in [0, 0.1) is 17.8 Å². The number of aliphatic hydroxyl groups is 1. The molecule has 68 heavy (non-hydrogen) atoms. The van der Waals surface area contributed by atoms with Gasteiger partial charge in [-0.3, -0.25) is 47.9 Å². The summed E-state index contributed by atoms with van der Waals surface area (Å²) in [6, 6.07) is -11.7. The van der Waals surface area contributed by atoms with Crippen LogP contribution < -0.4 is 37.6 Å². The van der Waals surface area contributed by atoms with Crippen LogP contribution in [-0.2, 0) is 52.7 Å². The van der Waals surface area contributed by atoms with Crippen LogP contribution in [0.3, 0.4) is 0 Å². The van der Waals surface area contributed by atoms with Gasteiger partial charge in [0, 0.05) is 25.9 Å². The summed E-state index contributed by atoms with van der Waals surface area (Å²) in [6.45, 7) is 13.0. The summed E-state index contributed by atoms with van der Waals surface area (Å²) in [7, 11) is 0. The Morgan fingerprint density at radius 3 is 1.60 bits per heavy atom. The van der Waals surface area contributed by atoms with Crippen molar-refractivity contribution in [3.63, 3.8) is 0 Å². The molecule has 24 nitrogen and oxygen atoms in total. The van der Waals surface area contributed by atoms with Gasteiger partial charge in [-0.2, -0.15) is 0 Å². The molecule has 2 fully saturated rings. The van der Waals surface area contributed by atoms with Crippen LogP contribution >= 0.6 is 0 Å². The van der Waals surface area contributed by atoms with E-state index < -0.39 is 151 Å². The molecule has 0 spiro atoms. The Labute approximate surface area is 396 Å². The molecule has 0 bridgehead atoms. The number of aliphatic hydroxyl groups excluding tert-OH is 1. The number of carbonyl (C=O) groups is 11. The third kappa shape index (κ3) is 17.3. The molecule has 0 aromatic carbocycles. The van der Waals surface area contributed by atoms with Gasteiger partial charge < -0.3 is 67.9 Å². The van der Waals surface area contributed by atoms with E-state index in [2.05, 4.69) is 31.9 Å². The molecule has 0 aromatic rings. The van der Waals surface area contributed by atoms with Gasteiger partial charge in [0.2, 0.25) is 47.3 Å². The Balaban J connectivity index is 2.26. The van der Waals surface area contributed by atoms with E-state index in [9.17, 15) is 73.2 Å². The molecule has 2 rings (SSSR count). The minimum atomic E-state index is -1.54. The molecule has 12 N–H and O–H groups in total. The van der Waals surface area contributed by atoms with Crippen LogP contribution in [0.2, 0.25) is 0 Å². The molecule has 0 unspecified atom stereocenters. The van der Waals surface area contributed by atoms with E-state index in [1.54, 1.807) is 34.6 Å². The van der Waals surface area contributed by atoms with E-state index in [-0.39, 0.29) is 50.6 Å². The largest absolute Gasteiger partial charge is 0.481 e. The van der Waals surface area contributed by atoms with Crippen LogP contribution in [-0.4, -0.2) is 169 Å². The van der Waals surface area contributed by atoms with Gasteiger partial charge in [-0.05, 0) is 76.5 Å². The van der Waals surface area contributed by atoms with Gasteiger partial charge in [-0.25, -0.2) is 4.79 Å². The molecule has 24 heteroatoms. The van der Waals surface area contributed by atoms with Crippen molar-refractivity contribution in [2.24, 2.45) is 23.5 Å². The minimum Gasteiger partial charge on any atom is -0.481 e. The Morgan fingerprint density at radius 1 is 0.603 bits per heavy atom. The summed E-state index contributed by atoms with van der Waals surface area (Å²) in [5.41, 5.74) is 5.97. The molecule has 2 heterocycles. The van der Waals surface area contributed by atoms with Gasteiger partial charge in [0.25, 0.3) is 0 Å². The van der Waals surface area contributed by atoms with Crippen molar-refractivity contribution in [1.82, 2.24) is 41.7 Å². The lowest BCUT2D eigenvalue weighted by atomic mass is 9.98. The summed E-state index contributed by atoms with van der Waals surface area (Å²) in [5, 5.41) is 53.3. The molecule has 2 aliphatic rings. The fraction of sp³-hybridized carbons (Fsp3) is 0.750. The predicted molar refractivity (Wildman–Crippen MR) is 242 cm³/mol. The summed E-state index contributed by atoms with van der Waals surface area (Å²) in [4.78, 5) is 146. The Kier molecular flexibility index (Phi) is 23.3. The van der Waals surface area contributed by atoms with E-state index in [0.29, 0.717) is 19.3 Å². The van der Waals surface area contributed by atoms with Crippen molar-refractivity contribution in [2.75, 3.05) is 13.1 Å². The van der Waals surface area contributed by atoms with E-state index in [1.165, 1.54) is 23.6 Å². The van der Waals surface area contributed by atoms with Crippen molar-refractivity contribution in [2.45, 2.75) is 180 Å². The number of likely N-dealkylation sites (tertiary alicyclic amines) is 2. The molecule has 384 valence electrons. The maximum Gasteiger partial charge on any atom is 0.326 e. The smallest absolute Gasteiger partial charge is 0.326 e. The first-order valence-corrected chi connectivity index (χ1v) is 23.2. The lowest BCUT2D eigenvalue weighted by Crippen LogP contribution is -2.61. The lowest BCUT2D eigenvalue weighted by Gasteiger charge is -2.34. The van der Waals surface area contributed by atoms with E-state index in [4.69, 9.17) is 5.73 Å². The van der Waals surface area contributed by atoms with Crippen LogP contribution in [0.1, 0.15) is 120 Å². The number of carboxylic acid groups (broad SMARTS) is 3. The number of nitrogens with zero attached hydrogens (tertiary/aromatic N) is 2. The first kappa shape index (κ1) is 58.2. The SMILES string of the molecule is CC[C@H](C)[C@H](N)C(=O)N[C@H](C(=O)N[C@@H](C)C(=O)N[C@@H](CCC(=O)O)C(=O)N[C@H](C(=O)N1CCC[C@H]1C(=O)N1CCC[C@H]1C(=O)N[C@@H](CCC(=O)O)C(=O)N[C@@H](CC(C)C)C(=O)O)C(C)C)[C@@H](C)O. The van der Waals surface area contributed by atoms with Crippen LogP contribution in [0.5, 0.6) is 0 Å². The number of hydrogen-bond acceptors (Lipinski definition) is 13. The number of nitrogens with two attached hydrogens (primary N) is 1. The molecule has 0 radical (unpaired) electrons. The highest BCUT2D eigenvalue weighted by Crippen LogP contribution is 2.27. The Hall–Kier alpha value is -5.91. The number of amides is 8. The molecule has 0 aromatic heterocycles. The molecule has 8 amide bonds. The highest BCUT2D eigenvalue weighted by atomic mass is 16.4. The van der Waals surface area contributed by atoms with Crippen molar-refractivity contribution in [3.05, 3.63) is 0 Å². The highest BCUT2D eigenvalue weighted by Gasteiger charge is 2.45. The average molecular weight is 968 g/mol. The van der Waals surface area contributed by atoms with Crippen molar-refractivity contribution in [1.29, 1.82) is 0 Å². The van der Waals surface area contributed by atoms with E-state index in [1.807, 2.05) is 6.92 Å². The number of carbonyl (C=O) groups excluding carboxylic acids is 8. The molecule has 2 aliphatic heterocycles. The molecule has 11 atom stereocenters. The fourth-order valence-electron chi connectivity index (χ4n) is 7.87. The number of rotatable bonds is 27. The van der Waals surface area contributed by atoms with Crippen LogP contribution in [0.15, 0.2) is 0 Å². The summed E-state index contributed by atoms with van der Waals surface area (Å²) >= 11 is 0. The molecule has 0 aliphatic carbocycles. The van der Waals surface area contributed by atoms with E-state index in [0.717, 1.165) is 0 Å². The maximum absolute atomic E-state index is 14.3. The molecular formula is C44H73N9O15. The van der Waals surface area contributed by atoms with Gasteiger partial charge in [-0.1, -0.05) is 48.0 Å². The normalized spacial score (nSPS) is 19.8. The van der Waals surface area contributed by atoms with Crippen molar-refractivity contribution < 1.29 is 73.2 Å². The summed E-state index contributed by atoms with van der Waals surface area (Å²) in [6.07, 6.45) is -1.63. The van der Waals surface area contributed by atoms with Crippen molar-refractivity contribution in [3.8, 4) is 0 Å². The lowest BCUT2D eigenvalue weighted by molar-refractivity contribution is -0.149. The summed E-state index contributed by atoms with van der Waals surface area (Å²) in [5.74, 6) is -11.4. The van der Waals surface area contributed by atoms with Gasteiger partial charge in [0.1, 0.15) is 48.3 Å². The Morgan fingerprint density at radius 2 is 1.10 bits per heavy atom. The second kappa shape index (κ2) is 27.2. The quantitative estimate of drug-likeness (QED) is 0.0431. The molecule has 2 saturated heterocycles. The topological polar surface area (TPSA) is 373 Å². The second-order valence-corrected chi connectivity index (χ2v) is 18.5. The van der Waals surface area contributed by atoms with Crippen molar-refractivity contribution >= 4 is 65.2 Å². The third-order valence-electron chi connectivity index (χ3n) is 12.1. The predicted octanol–water partition coefficient (Wildman–Crippen LogP) is -1.83.